The van der Waals surface area contributed by atoms with Crippen LogP contribution in [-0.2, 0) is 0 Å². The minimum absolute atomic E-state index is 0.0200. The molecular formula is C10H10FNO3S. The highest BCUT2D eigenvalue weighted by Crippen LogP contribution is 2.24. The quantitative estimate of drug-likeness (QED) is 0.462. The lowest BCUT2D eigenvalue weighted by molar-refractivity contribution is -0.385. The maximum atomic E-state index is 13.3. The summed E-state index contributed by atoms with van der Waals surface area (Å²) in [5, 5.41) is 12.1. The molecule has 0 bridgehead atoms. The second kappa shape index (κ2) is 5.50. The second-order valence-corrected chi connectivity index (χ2v) is 3.65. The molecule has 1 aromatic rings. The van der Waals surface area contributed by atoms with E-state index in [2.05, 4.69) is 0 Å². The molecule has 0 heterocycles. The molecule has 0 aliphatic heterocycles. The second-order valence-electron chi connectivity index (χ2n) is 2.94. The summed E-state index contributed by atoms with van der Waals surface area (Å²) >= 11 is 1.43. The van der Waals surface area contributed by atoms with E-state index in [0.29, 0.717) is 5.76 Å². The van der Waals surface area contributed by atoms with E-state index in [0.717, 1.165) is 6.07 Å². The summed E-state index contributed by atoms with van der Waals surface area (Å²) in [5.74, 6) is -0.239. The van der Waals surface area contributed by atoms with Crippen molar-refractivity contribution in [2.45, 2.75) is 6.92 Å². The van der Waals surface area contributed by atoms with Crippen molar-refractivity contribution in [3.05, 3.63) is 45.3 Å². The number of thioether (sulfide) groups is 1. The van der Waals surface area contributed by atoms with Crippen LogP contribution in [0, 0.1) is 15.9 Å². The van der Waals surface area contributed by atoms with Crippen molar-refractivity contribution in [3.63, 3.8) is 0 Å². The molecule has 0 unspecified atom stereocenters. The Morgan fingerprint density at radius 2 is 2.31 bits per heavy atom. The number of ether oxygens (including phenoxy) is 1. The molecule has 0 aromatic heterocycles. The van der Waals surface area contributed by atoms with E-state index < -0.39 is 10.7 Å². The Morgan fingerprint density at radius 1 is 1.62 bits per heavy atom. The molecule has 4 nitrogen and oxygen atoms in total. The molecule has 0 saturated heterocycles. The number of non-ortho nitro benzene ring substituents is 1. The van der Waals surface area contributed by atoms with Gasteiger partial charge in [-0.3, -0.25) is 10.1 Å². The van der Waals surface area contributed by atoms with Gasteiger partial charge in [-0.25, -0.2) is 4.39 Å². The van der Waals surface area contributed by atoms with E-state index >= 15 is 0 Å². The zero-order chi connectivity index (χ0) is 12.1. The van der Waals surface area contributed by atoms with E-state index in [1.165, 1.54) is 23.9 Å². The fourth-order valence-corrected chi connectivity index (χ4v) is 1.43. The van der Waals surface area contributed by atoms with Gasteiger partial charge in [-0.05, 0) is 19.2 Å². The number of nitro groups is 1. The summed E-state index contributed by atoms with van der Waals surface area (Å²) in [5.41, 5.74) is -0.295. The largest absolute Gasteiger partial charge is 0.458 e. The van der Waals surface area contributed by atoms with Crippen LogP contribution in [0.2, 0.25) is 0 Å². The van der Waals surface area contributed by atoms with Gasteiger partial charge in [0.2, 0.25) is 0 Å². The standard InChI is InChI=1S/C10H10FNO3S/c1-7(6-16-2)15-10-4-3-8(12(13)14)5-9(10)11/h3-6H,1-2H3/b7-6-. The predicted molar refractivity (Wildman–Crippen MR) is 61.0 cm³/mol. The number of halogens is 1. The average Bonchev–Trinajstić information content (AvgIpc) is 2.21. The zero-order valence-corrected chi connectivity index (χ0v) is 9.58. The van der Waals surface area contributed by atoms with Crippen LogP contribution in [0.4, 0.5) is 10.1 Å². The molecule has 16 heavy (non-hydrogen) atoms. The van der Waals surface area contributed by atoms with Crippen LogP contribution >= 0.6 is 11.8 Å². The Morgan fingerprint density at radius 3 is 2.81 bits per heavy atom. The molecule has 0 saturated carbocycles. The van der Waals surface area contributed by atoms with Crippen LogP contribution in [0.25, 0.3) is 0 Å². The van der Waals surface area contributed by atoms with Gasteiger partial charge in [0, 0.05) is 11.5 Å². The Balaban J connectivity index is 2.91. The SMILES string of the molecule is CS/C=C(/C)Oc1ccc([N+](=O)[O-])cc1F. The van der Waals surface area contributed by atoms with Gasteiger partial charge in [0.05, 0.1) is 11.0 Å². The molecule has 0 aliphatic rings. The first-order valence-electron chi connectivity index (χ1n) is 4.36. The monoisotopic (exact) mass is 243 g/mol. The van der Waals surface area contributed by atoms with Crippen LogP contribution in [0.15, 0.2) is 29.4 Å². The van der Waals surface area contributed by atoms with Gasteiger partial charge in [0.1, 0.15) is 5.76 Å². The zero-order valence-electron chi connectivity index (χ0n) is 8.77. The van der Waals surface area contributed by atoms with E-state index in [-0.39, 0.29) is 11.4 Å². The number of benzene rings is 1. The summed E-state index contributed by atoms with van der Waals surface area (Å²) < 4.78 is 18.5. The Bertz CT molecular complexity index is 434. The van der Waals surface area contributed by atoms with Crippen molar-refractivity contribution in [2.75, 3.05) is 6.26 Å². The highest BCUT2D eigenvalue weighted by molar-refractivity contribution is 8.01. The molecule has 1 rings (SSSR count). The van der Waals surface area contributed by atoms with Crippen LogP contribution in [0.3, 0.4) is 0 Å². The topological polar surface area (TPSA) is 52.4 Å². The van der Waals surface area contributed by atoms with Gasteiger partial charge >= 0.3 is 0 Å². The predicted octanol–water partition coefficient (Wildman–Crippen LogP) is 3.34. The maximum Gasteiger partial charge on any atom is 0.272 e. The highest BCUT2D eigenvalue weighted by atomic mass is 32.2. The van der Waals surface area contributed by atoms with Gasteiger partial charge < -0.3 is 4.74 Å². The fraction of sp³-hybridized carbons (Fsp3) is 0.200. The van der Waals surface area contributed by atoms with Crippen molar-refractivity contribution < 1.29 is 14.1 Å². The first kappa shape index (κ1) is 12.5. The number of hydrogen-bond donors (Lipinski definition) is 0. The highest BCUT2D eigenvalue weighted by Gasteiger charge is 2.11. The smallest absolute Gasteiger partial charge is 0.272 e. The van der Waals surface area contributed by atoms with Crippen LogP contribution in [0.1, 0.15) is 6.92 Å². The van der Waals surface area contributed by atoms with Crippen molar-refractivity contribution in [1.29, 1.82) is 0 Å². The van der Waals surface area contributed by atoms with Crippen molar-refractivity contribution in [1.82, 2.24) is 0 Å². The van der Waals surface area contributed by atoms with Crippen molar-refractivity contribution in [3.8, 4) is 5.75 Å². The number of hydrogen-bond acceptors (Lipinski definition) is 4. The molecule has 0 fully saturated rings. The maximum absolute atomic E-state index is 13.3. The Labute approximate surface area is 96.3 Å². The minimum Gasteiger partial charge on any atom is -0.458 e. The third-order valence-corrected chi connectivity index (χ3v) is 2.25. The first-order chi connectivity index (χ1) is 7.54. The average molecular weight is 243 g/mol. The van der Waals surface area contributed by atoms with Gasteiger partial charge in [-0.15, -0.1) is 11.8 Å². The van der Waals surface area contributed by atoms with Gasteiger partial charge in [0.15, 0.2) is 11.6 Å². The first-order valence-corrected chi connectivity index (χ1v) is 5.64. The molecule has 0 radical (unpaired) electrons. The van der Waals surface area contributed by atoms with Crippen molar-refractivity contribution in [2.24, 2.45) is 0 Å². The Hall–Kier alpha value is -1.56. The van der Waals surface area contributed by atoms with Gasteiger partial charge in [-0.2, -0.15) is 0 Å². The lowest BCUT2D eigenvalue weighted by Crippen LogP contribution is -1.95. The summed E-state index contributed by atoms with van der Waals surface area (Å²) in [6.07, 6.45) is 1.85. The summed E-state index contributed by atoms with van der Waals surface area (Å²) in [6.45, 7) is 1.68. The van der Waals surface area contributed by atoms with E-state index in [9.17, 15) is 14.5 Å². The Kier molecular flexibility index (Phi) is 4.30. The lowest BCUT2D eigenvalue weighted by atomic mass is 10.3. The summed E-state index contributed by atoms with van der Waals surface area (Å²) in [6, 6.07) is 3.28. The number of allylic oxidation sites excluding steroid dienone is 1. The number of nitro benzene ring substituents is 1. The lowest BCUT2D eigenvalue weighted by Gasteiger charge is -2.05. The number of nitrogens with zero attached hydrogens (tertiary/aromatic N) is 1. The summed E-state index contributed by atoms with van der Waals surface area (Å²) in [4.78, 5) is 9.72. The molecule has 86 valence electrons. The fourth-order valence-electron chi connectivity index (χ4n) is 1.05. The normalized spacial score (nSPS) is 11.3. The third-order valence-electron chi connectivity index (χ3n) is 1.68. The molecule has 0 amide bonds. The van der Waals surface area contributed by atoms with Gasteiger partial charge in [-0.1, -0.05) is 0 Å². The molecular weight excluding hydrogens is 233 g/mol. The third kappa shape index (κ3) is 3.23. The molecule has 0 N–H and O–H groups in total. The van der Waals surface area contributed by atoms with Gasteiger partial charge in [0.25, 0.3) is 5.69 Å². The van der Waals surface area contributed by atoms with Crippen LogP contribution in [-0.4, -0.2) is 11.2 Å². The molecule has 0 spiro atoms. The summed E-state index contributed by atoms with van der Waals surface area (Å²) in [7, 11) is 0. The molecule has 0 aliphatic carbocycles. The molecule has 1 aromatic carbocycles. The van der Waals surface area contributed by atoms with E-state index in [1.807, 2.05) is 6.26 Å². The van der Waals surface area contributed by atoms with Crippen LogP contribution in [0.5, 0.6) is 5.75 Å². The molecule has 6 heteroatoms. The minimum atomic E-state index is -0.747. The van der Waals surface area contributed by atoms with Crippen molar-refractivity contribution >= 4 is 17.4 Å². The van der Waals surface area contributed by atoms with E-state index in [4.69, 9.17) is 4.74 Å². The molecule has 0 atom stereocenters. The number of rotatable bonds is 4. The van der Waals surface area contributed by atoms with Crippen LogP contribution < -0.4 is 4.74 Å². The van der Waals surface area contributed by atoms with E-state index in [1.54, 1.807) is 12.3 Å².